The highest BCUT2D eigenvalue weighted by Crippen LogP contribution is 2.47. The highest BCUT2D eigenvalue weighted by molar-refractivity contribution is 6.06. The Morgan fingerprint density at radius 3 is 2.35 bits per heavy atom. The van der Waals surface area contributed by atoms with E-state index in [-0.39, 0.29) is 17.7 Å². The van der Waals surface area contributed by atoms with Gasteiger partial charge in [-0.15, -0.1) is 0 Å². The molecular formula is C17H20O3. The molecule has 2 aliphatic rings. The molecule has 1 aromatic rings. The summed E-state index contributed by atoms with van der Waals surface area (Å²) in [5.41, 5.74) is 0.0653. The van der Waals surface area contributed by atoms with Crippen LogP contribution < -0.4 is 0 Å². The van der Waals surface area contributed by atoms with Crippen LogP contribution in [0.1, 0.15) is 50.7 Å². The predicted octanol–water partition coefficient (Wildman–Crippen LogP) is 3.44. The lowest BCUT2D eigenvalue weighted by atomic mass is 9.65. The maximum Gasteiger partial charge on any atom is 0.320 e. The quantitative estimate of drug-likeness (QED) is 0.581. The zero-order valence-electron chi connectivity index (χ0n) is 11.8. The van der Waals surface area contributed by atoms with Crippen LogP contribution in [0, 0.1) is 11.3 Å². The Balaban J connectivity index is 1.91. The molecule has 1 saturated carbocycles. The van der Waals surface area contributed by atoms with E-state index in [9.17, 15) is 9.59 Å². The Morgan fingerprint density at radius 2 is 1.70 bits per heavy atom. The molecule has 0 amide bonds. The second-order valence-electron chi connectivity index (χ2n) is 6.03. The maximum absolute atomic E-state index is 12.8. The van der Waals surface area contributed by atoms with Crippen molar-refractivity contribution in [3.8, 4) is 0 Å². The van der Waals surface area contributed by atoms with Crippen molar-refractivity contribution in [2.24, 2.45) is 11.3 Å². The Morgan fingerprint density at radius 1 is 1.05 bits per heavy atom. The number of carbonyl (C=O) groups is 2. The third kappa shape index (κ3) is 1.96. The van der Waals surface area contributed by atoms with Crippen molar-refractivity contribution in [1.29, 1.82) is 0 Å². The van der Waals surface area contributed by atoms with Gasteiger partial charge < -0.3 is 4.74 Å². The van der Waals surface area contributed by atoms with Gasteiger partial charge in [-0.2, -0.15) is 0 Å². The Labute approximate surface area is 119 Å². The van der Waals surface area contributed by atoms with Gasteiger partial charge in [0.1, 0.15) is 11.5 Å². The summed E-state index contributed by atoms with van der Waals surface area (Å²) < 4.78 is 5.69. The second kappa shape index (κ2) is 5.04. The average Bonchev–Trinajstić information content (AvgIpc) is 2.51. The van der Waals surface area contributed by atoms with Gasteiger partial charge >= 0.3 is 5.97 Å². The van der Waals surface area contributed by atoms with E-state index in [1.54, 1.807) is 0 Å². The Hall–Kier alpha value is -1.64. The molecule has 0 aromatic heterocycles. The van der Waals surface area contributed by atoms with Crippen LogP contribution in [0.5, 0.6) is 0 Å². The summed E-state index contributed by atoms with van der Waals surface area (Å²) in [6.45, 7) is 1.89. The summed E-state index contributed by atoms with van der Waals surface area (Å²) >= 11 is 0. The first-order valence-electron chi connectivity index (χ1n) is 7.45. The molecule has 3 nitrogen and oxygen atoms in total. The molecule has 2 atom stereocenters. The summed E-state index contributed by atoms with van der Waals surface area (Å²) in [5.74, 6) is -0.468. The van der Waals surface area contributed by atoms with Crippen molar-refractivity contribution >= 4 is 11.8 Å². The van der Waals surface area contributed by atoms with Crippen LogP contribution in [0.25, 0.3) is 0 Å². The van der Waals surface area contributed by atoms with E-state index in [1.165, 1.54) is 0 Å². The van der Waals surface area contributed by atoms with Crippen LogP contribution in [-0.2, 0) is 14.3 Å². The van der Waals surface area contributed by atoms with Gasteiger partial charge in [0.15, 0.2) is 5.78 Å². The first-order valence-corrected chi connectivity index (χ1v) is 7.45. The molecular weight excluding hydrogens is 252 g/mol. The smallest absolute Gasteiger partial charge is 0.320 e. The molecule has 1 aromatic carbocycles. The van der Waals surface area contributed by atoms with Crippen LogP contribution in [0.3, 0.4) is 0 Å². The standard InChI is InChI=1S/C17H20O3/c1-12-14(13-8-4-2-5-9-13)20-16(19)17(15(12)18)10-6-3-7-11-17/h2,4-5,8-9,12,14H,3,6-7,10-11H2,1H3/t12-,14-/m0/s1. The fourth-order valence-corrected chi connectivity index (χ4v) is 3.61. The van der Waals surface area contributed by atoms with Crippen LogP contribution >= 0.6 is 0 Å². The number of hydrogen-bond donors (Lipinski definition) is 0. The minimum atomic E-state index is -0.844. The minimum Gasteiger partial charge on any atom is -0.456 e. The molecule has 1 aliphatic carbocycles. The molecule has 1 spiro atoms. The maximum atomic E-state index is 12.8. The van der Waals surface area contributed by atoms with Crippen molar-refractivity contribution < 1.29 is 14.3 Å². The summed E-state index contributed by atoms with van der Waals surface area (Å²) in [5, 5.41) is 0. The third-order valence-electron chi connectivity index (χ3n) is 4.80. The van der Waals surface area contributed by atoms with Crippen molar-refractivity contribution in [3.63, 3.8) is 0 Å². The lowest BCUT2D eigenvalue weighted by molar-refractivity contribution is -0.183. The van der Waals surface area contributed by atoms with E-state index in [4.69, 9.17) is 4.74 Å². The van der Waals surface area contributed by atoms with Gasteiger partial charge in [-0.05, 0) is 18.4 Å². The summed E-state index contributed by atoms with van der Waals surface area (Å²) in [6, 6.07) is 9.57. The van der Waals surface area contributed by atoms with Crippen molar-refractivity contribution in [1.82, 2.24) is 0 Å². The third-order valence-corrected chi connectivity index (χ3v) is 4.80. The number of Topliss-reactive ketones (excluding diaryl/α,β-unsaturated/α-hetero) is 1. The number of ether oxygens (including phenoxy) is 1. The Bertz CT molecular complexity index is 514. The number of esters is 1. The van der Waals surface area contributed by atoms with Gasteiger partial charge in [-0.25, -0.2) is 0 Å². The van der Waals surface area contributed by atoms with E-state index >= 15 is 0 Å². The van der Waals surface area contributed by atoms with Gasteiger partial charge in [0.05, 0.1) is 5.92 Å². The van der Waals surface area contributed by atoms with Gasteiger partial charge in [-0.1, -0.05) is 56.5 Å². The molecule has 1 saturated heterocycles. The number of rotatable bonds is 1. The van der Waals surface area contributed by atoms with E-state index < -0.39 is 11.5 Å². The Kier molecular flexibility index (Phi) is 3.36. The normalized spacial score (nSPS) is 29.2. The van der Waals surface area contributed by atoms with Crippen LogP contribution in [-0.4, -0.2) is 11.8 Å². The van der Waals surface area contributed by atoms with Gasteiger partial charge in [0.2, 0.25) is 0 Å². The highest BCUT2D eigenvalue weighted by atomic mass is 16.5. The van der Waals surface area contributed by atoms with Gasteiger partial charge in [0, 0.05) is 0 Å². The van der Waals surface area contributed by atoms with E-state index in [1.807, 2.05) is 37.3 Å². The summed E-state index contributed by atoms with van der Waals surface area (Å²) in [7, 11) is 0. The van der Waals surface area contributed by atoms with Crippen LogP contribution in [0.15, 0.2) is 30.3 Å². The molecule has 1 aliphatic heterocycles. The zero-order valence-corrected chi connectivity index (χ0v) is 11.8. The molecule has 3 rings (SSSR count). The molecule has 3 heteroatoms. The number of ketones is 1. The summed E-state index contributed by atoms with van der Waals surface area (Å²) in [4.78, 5) is 25.3. The first-order chi connectivity index (χ1) is 9.65. The van der Waals surface area contributed by atoms with Gasteiger partial charge in [-0.3, -0.25) is 9.59 Å². The number of hydrogen-bond acceptors (Lipinski definition) is 3. The van der Waals surface area contributed by atoms with E-state index in [0.29, 0.717) is 12.8 Å². The fraction of sp³-hybridized carbons (Fsp3) is 0.529. The lowest BCUT2D eigenvalue weighted by Gasteiger charge is -2.42. The molecule has 2 fully saturated rings. The van der Waals surface area contributed by atoms with Gasteiger partial charge in [0.25, 0.3) is 0 Å². The van der Waals surface area contributed by atoms with Crippen molar-refractivity contribution in [3.05, 3.63) is 35.9 Å². The monoisotopic (exact) mass is 272 g/mol. The number of cyclic esters (lactones) is 1. The first kappa shape index (κ1) is 13.3. The topological polar surface area (TPSA) is 43.4 Å². The average molecular weight is 272 g/mol. The molecule has 0 radical (unpaired) electrons. The molecule has 0 bridgehead atoms. The largest absolute Gasteiger partial charge is 0.456 e. The number of benzene rings is 1. The predicted molar refractivity (Wildman–Crippen MR) is 75.0 cm³/mol. The van der Waals surface area contributed by atoms with Crippen molar-refractivity contribution in [2.45, 2.75) is 45.1 Å². The minimum absolute atomic E-state index is 0.0855. The van der Waals surface area contributed by atoms with Crippen molar-refractivity contribution in [2.75, 3.05) is 0 Å². The number of carbonyl (C=O) groups excluding carboxylic acids is 2. The van der Waals surface area contributed by atoms with E-state index in [2.05, 4.69) is 0 Å². The fourth-order valence-electron chi connectivity index (χ4n) is 3.61. The SMILES string of the molecule is C[C@@H]1C(=O)C2(CCCCC2)C(=O)O[C@@H]1c1ccccc1. The zero-order chi connectivity index (χ0) is 14.2. The summed E-state index contributed by atoms with van der Waals surface area (Å²) in [6.07, 6.45) is 3.91. The van der Waals surface area contributed by atoms with Crippen LogP contribution in [0.2, 0.25) is 0 Å². The van der Waals surface area contributed by atoms with Crippen LogP contribution in [0.4, 0.5) is 0 Å². The van der Waals surface area contributed by atoms with E-state index in [0.717, 1.165) is 24.8 Å². The molecule has 1 heterocycles. The molecule has 0 N–H and O–H groups in total. The highest BCUT2D eigenvalue weighted by Gasteiger charge is 2.55. The molecule has 106 valence electrons. The second-order valence-corrected chi connectivity index (χ2v) is 6.03. The molecule has 20 heavy (non-hydrogen) atoms. The lowest BCUT2D eigenvalue weighted by Crippen LogP contribution is -2.51. The molecule has 0 unspecified atom stereocenters.